The fourth-order valence-corrected chi connectivity index (χ4v) is 2.27. The van der Waals surface area contributed by atoms with Gasteiger partial charge in [-0.1, -0.05) is 24.3 Å². The minimum absolute atomic E-state index is 0.0530. The van der Waals surface area contributed by atoms with E-state index < -0.39 is 4.92 Å². The molecule has 0 saturated heterocycles. The van der Waals surface area contributed by atoms with Gasteiger partial charge < -0.3 is 5.32 Å². The quantitative estimate of drug-likeness (QED) is 0.672. The van der Waals surface area contributed by atoms with Crippen LogP contribution in [-0.2, 0) is 13.5 Å². The van der Waals surface area contributed by atoms with E-state index in [1.54, 1.807) is 14.0 Å². The average Bonchev–Trinajstić information content (AvgIpc) is 2.66. The lowest BCUT2D eigenvalue weighted by molar-refractivity contribution is -0.384. The van der Waals surface area contributed by atoms with Crippen LogP contribution in [0.1, 0.15) is 16.8 Å². The number of anilines is 1. The largest absolute Gasteiger partial charge is 0.364 e. The number of aryl methyl sites for hydroxylation is 3. The SMILES string of the molecule is Cc1ccccc1CCNc1c([N+](=O)[O-])c(C)nn1C. The fraction of sp³-hybridized carbons (Fsp3) is 0.357. The maximum absolute atomic E-state index is 11.1. The molecule has 2 rings (SSSR count). The van der Waals surface area contributed by atoms with Crippen LogP contribution in [0.2, 0.25) is 0 Å². The van der Waals surface area contributed by atoms with Gasteiger partial charge in [0.1, 0.15) is 5.69 Å². The molecular weight excluding hydrogens is 256 g/mol. The van der Waals surface area contributed by atoms with Gasteiger partial charge in [-0.2, -0.15) is 5.10 Å². The van der Waals surface area contributed by atoms with Crippen LogP contribution in [0.5, 0.6) is 0 Å². The Labute approximate surface area is 117 Å². The van der Waals surface area contributed by atoms with E-state index in [1.807, 2.05) is 12.1 Å². The zero-order chi connectivity index (χ0) is 14.7. The molecule has 2 aromatic rings. The van der Waals surface area contributed by atoms with Crippen molar-refractivity contribution in [2.75, 3.05) is 11.9 Å². The molecule has 0 bridgehead atoms. The highest BCUT2D eigenvalue weighted by atomic mass is 16.6. The number of nitrogens with zero attached hydrogens (tertiary/aromatic N) is 3. The van der Waals surface area contributed by atoms with E-state index in [9.17, 15) is 10.1 Å². The van der Waals surface area contributed by atoms with Crippen LogP contribution in [0.3, 0.4) is 0 Å². The number of nitro groups is 1. The molecule has 0 aliphatic carbocycles. The summed E-state index contributed by atoms with van der Waals surface area (Å²) in [4.78, 5) is 10.7. The Morgan fingerprint density at radius 2 is 2.05 bits per heavy atom. The molecule has 0 aliphatic rings. The molecule has 1 aromatic heterocycles. The standard InChI is InChI=1S/C14H18N4O2/c1-10-6-4-5-7-12(10)8-9-15-14-13(18(19)20)11(2)16-17(14)3/h4-7,15H,8-9H2,1-3H3. The first-order valence-electron chi connectivity index (χ1n) is 6.47. The van der Waals surface area contributed by atoms with Gasteiger partial charge in [0.2, 0.25) is 5.82 Å². The third-order valence-electron chi connectivity index (χ3n) is 3.32. The third-order valence-corrected chi connectivity index (χ3v) is 3.32. The number of hydrogen-bond donors (Lipinski definition) is 1. The summed E-state index contributed by atoms with van der Waals surface area (Å²) in [6, 6.07) is 8.13. The van der Waals surface area contributed by atoms with E-state index >= 15 is 0 Å². The molecule has 0 spiro atoms. The van der Waals surface area contributed by atoms with Gasteiger partial charge in [0.15, 0.2) is 0 Å². The lowest BCUT2D eigenvalue weighted by atomic mass is 10.1. The van der Waals surface area contributed by atoms with Gasteiger partial charge in [-0.3, -0.25) is 10.1 Å². The predicted molar refractivity (Wildman–Crippen MR) is 78.0 cm³/mol. The van der Waals surface area contributed by atoms with Gasteiger partial charge in [0.25, 0.3) is 0 Å². The minimum Gasteiger partial charge on any atom is -0.364 e. The monoisotopic (exact) mass is 274 g/mol. The van der Waals surface area contributed by atoms with Crippen molar-refractivity contribution in [2.24, 2.45) is 7.05 Å². The lowest BCUT2D eigenvalue weighted by Crippen LogP contribution is -2.10. The first-order valence-corrected chi connectivity index (χ1v) is 6.47. The summed E-state index contributed by atoms with van der Waals surface area (Å²) in [6.45, 7) is 4.33. The molecule has 1 aromatic carbocycles. The molecule has 106 valence electrons. The first-order chi connectivity index (χ1) is 9.50. The summed E-state index contributed by atoms with van der Waals surface area (Å²) >= 11 is 0. The van der Waals surface area contributed by atoms with Crippen molar-refractivity contribution in [3.63, 3.8) is 0 Å². The van der Waals surface area contributed by atoms with Crippen molar-refractivity contribution < 1.29 is 4.92 Å². The molecule has 1 N–H and O–H groups in total. The van der Waals surface area contributed by atoms with E-state index in [1.165, 1.54) is 15.8 Å². The van der Waals surface area contributed by atoms with E-state index in [4.69, 9.17) is 0 Å². The zero-order valence-corrected chi connectivity index (χ0v) is 11.9. The van der Waals surface area contributed by atoms with Crippen molar-refractivity contribution in [3.8, 4) is 0 Å². The number of nitrogens with one attached hydrogen (secondary N) is 1. The van der Waals surface area contributed by atoms with Crippen LogP contribution in [0.15, 0.2) is 24.3 Å². The summed E-state index contributed by atoms with van der Waals surface area (Å²) < 4.78 is 1.52. The van der Waals surface area contributed by atoms with Crippen molar-refractivity contribution in [2.45, 2.75) is 20.3 Å². The average molecular weight is 274 g/mol. The van der Waals surface area contributed by atoms with Gasteiger partial charge in [0.05, 0.1) is 4.92 Å². The molecule has 6 nitrogen and oxygen atoms in total. The summed E-state index contributed by atoms with van der Waals surface area (Å²) in [5.74, 6) is 0.459. The van der Waals surface area contributed by atoms with Crippen LogP contribution < -0.4 is 5.32 Å². The Balaban J connectivity index is 2.09. The Bertz CT molecular complexity index is 634. The second-order valence-corrected chi connectivity index (χ2v) is 4.77. The van der Waals surface area contributed by atoms with Crippen LogP contribution in [0, 0.1) is 24.0 Å². The van der Waals surface area contributed by atoms with Crippen molar-refractivity contribution >= 4 is 11.5 Å². The third kappa shape index (κ3) is 2.79. The molecular formula is C14H18N4O2. The molecule has 1 heterocycles. The number of benzene rings is 1. The normalized spacial score (nSPS) is 10.6. The van der Waals surface area contributed by atoms with E-state index in [0.717, 1.165) is 6.42 Å². The highest BCUT2D eigenvalue weighted by Gasteiger charge is 2.23. The van der Waals surface area contributed by atoms with E-state index in [2.05, 4.69) is 29.5 Å². The summed E-state index contributed by atoms with van der Waals surface area (Å²) in [6.07, 6.45) is 0.814. The van der Waals surface area contributed by atoms with Crippen molar-refractivity contribution in [1.29, 1.82) is 0 Å². The minimum atomic E-state index is -0.390. The zero-order valence-electron chi connectivity index (χ0n) is 11.9. The summed E-state index contributed by atoms with van der Waals surface area (Å²) in [5.41, 5.74) is 2.94. The highest BCUT2D eigenvalue weighted by molar-refractivity contribution is 5.59. The van der Waals surface area contributed by atoms with Crippen LogP contribution in [0.4, 0.5) is 11.5 Å². The van der Waals surface area contributed by atoms with Crippen molar-refractivity contribution in [3.05, 3.63) is 51.2 Å². The number of aromatic nitrogens is 2. The molecule has 0 aliphatic heterocycles. The molecule has 0 radical (unpaired) electrons. The van der Waals surface area contributed by atoms with Gasteiger partial charge in [-0.05, 0) is 31.4 Å². The van der Waals surface area contributed by atoms with E-state index in [-0.39, 0.29) is 5.69 Å². The Kier molecular flexibility index (Phi) is 4.02. The molecule has 0 unspecified atom stereocenters. The van der Waals surface area contributed by atoms with Gasteiger partial charge in [-0.25, -0.2) is 4.68 Å². The fourth-order valence-electron chi connectivity index (χ4n) is 2.27. The molecule has 20 heavy (non-hydrogen) atoms. The van der Waals surface area contributed by atoms with Crippen LogP contribution in [0.25, 0.3) is 0 Å². The summed E-state index contributed by atoms with van der Waals surface area (Å²) in [7, 11) is 1.70. The first kappa shape index (κ1) is 14.0. The van der Waals surface area contributed by atoms with Gasteiger partial charge >= 0.3 is 5.69 Å². The molecule has 0 atom stereocenters. The predicted octanol–water partition coefficient (Wildman–Crippen LogP) is 2.60. The van der Waals surface area contributed by atoms with E-state index in [0.29, 0.717) is 18.1 Å². The smallest absolute Gasteiger partial charge is 0.333 e. The van der Waals surface area contributed by atoms with Crippen LogP contribution >= 0.6 is 0 Å². The van der Waals surface area contributed by atoms with Gasteiger partial charge in [0, 0.05) is 13.6 Å². The van der Waals surface area contributed by atoms with Gasteiger partial charge in [-0.15, -0.1) is 0 Å². The molecule has 0 saturated carbocycles. The second kappa shape index (κ2) is 5.73. The molecule has 0 amide bonds. The highest BCUT2D eigenvalue weighted by Crippen LogP contribution is 2.27. The molecule has 0 fully saturated rings. The maximum Gasteiger partial charge on any atom is 0.333 e. The maximum atomic E-state index is 11.1. The van der Waals surface area contributed by atoms with Crippen LogP contribution in [-0.4, -0.2) is 21.2 Å². The summed E-state index contributed by atoms with van der Waals surface area (Å²) in [5, 5.41) is 18.3. The molecule has 6 heteroatoms. The Morgan fingerprint density at radius 3 is 2.70 bits per heavy atom. The topological polar surface area (TPSA) is 73.0 Å². The lowest BCUT2D eigenvalue weighted by Gasteiger charge is -2.08. The second-order valence-electron chi connectivity index (χ2n) is 4.77. The van der Waals surface area contributed by atoms with Crippen molar-refractivity contribution in [1.82, 2.24) is 9.78 Å². The Hall–Kier alpha value is -2.37. The number of rotatable bonds is 5. The Morgan fingerprint density at radius 1 is 1.35 bits per heavy atom. The number of hydrogen-bond acceptors (Lipinski definition) is 4.